The van der Waals surface area contributed by atoms with Gasteiger partial charge in [-0.25, -0.2) is 0 Å². The molecule has 0 N–H and O–H groups in total. The van der Waals surface area contributed by atoms with Crippen molar-refractivity contribution in [3.63, 3.8) is 0 Å². The van der Waals surface area contributed by atoms with Gasteiger partial charge in [0.2, 0.25) is 0 Å². The Morgan fingerprint density at radius 3 is 2.00 bits per heavy atom. The first-order valence-electron chi connectivity index (χ1n) is 6.07. The van der Waals surface area contributed by atoms with E-state index in [1.165, 1.54) is 19.6 Å². The molecule has 1 fully saturated rings. The summed E-state index contributed by atoms with van der Waals surface area (Å²) >= 11 is 0. The Morgan fingerprint density at radius 2 is 1.67 bits per heavy atom. The maximum Gasteiger partial charge on any atom is 0.00561 e. The van der Waals surface area contributed by atoms with Crippen molar-refractivity contribution >= 4 is 0 Å². The minimum atomic E-state index is 0.417. The van der Waals surface area contributed by atoms with Gasteiger partial charge in [-0.1, -0.05) is 20.8 Å². The molecule has 1 aliphatic rings. The Kier molecular flexibility index (Phi) is 3.52. The van der Waals surface area contributed by atoms with Crippen molar-refractivity contribution in [3.05, 3.63) is 0 Å². The lowest BCUT2D eigenvalue weighted by atomic mass is 9.69. The van der Waals surface area contributed by atoms with E-state index in [9.17, 15) is 0 Å². The number of nitrogens with zero attached hydrogens (tertiary/aromatic N) is 2. The van der Waals surface area contributed by atoms with Crippen LogP contribution in [0, 0.1) is 10.8 Å². The Labute approximate surface area is 95.6 Å². The maximum absolute atomic E-state index is 2.61. The number of hydrogen-bond donors (Lipinski definition) is 0. The number of rotatable bonds is 3. The van der Waals surface area contributed by atoms with Gasteiger partial charge < -0.3 is 4.90 Å². The van der Waals surface area contributed by atoms with E-state index in [-0.39, 0.29) is 0 Å². The predicted octanol–water partition coefficient (Wildman–Crippen LogP) is 2.30. The zero-order valence-electron chi connectivity index (χ0n) is 11.6. The van der Waals surface area contributed by atoms with Crippen molar-refractivity contribution in [3.8, 4) is 0 Å². The summed E-state index contributed by atoms with van der Waals surface area (Å²) in [6.45, 7) is 15.5. The highest BCUT2D eigenvalue weighted by molar-refractivity contribution is 5.01. The average Bonchev–Trinajstić information content (AvgIpc) is 2.21. The van der Waals surface area contributed by atoms with Crippen molar-refractivity contribution in [2.75, 3.05) is 33.7 Å². The van der Waals surface area contributed by atoms with Gasteiger partial charge in [0.15, 0.2) is 0 Å². The van der Waals surface area contributed by atoms with Crippen molar-refractivity contribution in [2.24, 2.45) is 10.8 Å². The molecule has 1 saturated heterocycles. The summed E-state index contributed by atoms with van der Waals surface area (Å²) in [5.74, 6) is 0. The molecule has 1 heterocycles. The molecule has 1 aliphatic heterocycles. The van der Waals surface area contributed by atoms with Crippen LogP contribution in [0.4, 0.5) is 0 Å². The van der Waals surface area contributed by atoms with Crippen molar-refractivity contribution in [1.29, 1.82) is 0 Å². The topological polar surface area (TPSA) is 6.48 Å². The second kappa shape index (κ2) is 4.06. The Balaban J connectivity index is 2.80. The lowest BCUT2D eigenvalue weighted by Crippen LogP contribution is -2.42. The molecule has 0 amide bonds. The summed E-state index contributed by atoms with van der Waals surface area (Å²) in [7, 11) is 4.36. The molecule has 0 aromatic heterocycles. The SMILES string of the molecule is CC(C)N1CC(C)(C)C(C)(CN(C)C)C1. The Morgan fingerprint density at radius 1 is 1.13 bits per heavy atom. The van der Waals surface area contributed by atoms with Gasteiger partial charge in [0.05, 0.1) is 0 Å². The van der Waals surface area contributed by atoms with Gasteiger partial charge in [0.25, 0.3) is 0 Å². The number of likely N-dealkylation sites (tertiary alicyclic amines) is 1. The summed E-state index contributed by atoms with van der Waals surface area (Å²) in [6, 6.07) is 0.674. The summed E-state index contributed by atoms with van der Waals surface area (Å²) in [5, 5.41) is 0. The minimum absolute atomic E-state index is 0.417. The first kappa shape index (κ1) is 13.0. The van der Waals surface area contributed by atoms with Crippen LogP contribution in [-0.4, -0.2) is 49.6 Å². The third-order valence-electron chi connectivity index (χ3n) is 4.18. The lowest BCUT2D eigenvalue weighted by molar-refractivity contribution is 0.112. The smallest absolute Gasteiger partial charge is 0.00561 e. The van der Waals surface area contributed by atoms with Crippen LogP contribution in [0.3, 0.4) is 0 Å². The maximum atomic E-state index is 2.61. The standard InChI is InChI=1S/C13H28N2/c1-11(2)15-8-12(3,4)13(5,10-15)9-14(6)7/h11H,8-10H2,1-7H3. The molecule has 0 aliphatic carbocycles. The molecule has 1 atom stereocenters. The fourth-order valence-corrected chi connectivity index (χ4v) is 2.74. The molecule has 0 spiro atoms. The second-order valence-electron chi connectivity index (χ2n) is 6.68. The monoisotopic (exact) mass is 212 g/mol. The van der Waals surface area contributed by atoms with Crippen molar-refractivity contribution in [2.45, 2.75) is 40.7 Å². The van der Waals surface area contributed by atoms with Gasteiger partial charge in [0, 0.05) is 25.7 Å². The third-order valence-corrected chi connectivity index (χ3v) is 4.18. The van der Waals surface area contributed by atoms with E-state index >= 15 is 0 Å². The highest BCUT2D eigenvalue weighted by Crippen LogP contribution is 2.46. The molecule has 0 aromatic carbocycles. The molecule has 0 radical (unpaired) electrons. The Bertz CT molecular complexity index is 221. The molecule has 15 heavy (non-hydrogen) atoms. The summed E-state index contributed by atoms with van der Waals surface area (Å²) in [6.07, 6.45) is 0. The van der Waals surface area contributed by atoms with Crippen LogP contribution in [0.5, 0.6) is 0 Å². The lowest BCUT2D eigenvalue weighted by Gasteiger charge is -2.39. The van der Waals surface area contributed by atoms with E-state index in [4.69, 9.17) is 0 Å². The van der Waals surface area contributed by atoms with Crippen LogP contribution in [-0.2, 0) is 0 Å². The van der Waals surface area contributed by atoms with Crippen LogP contribution in [0.25, 0.3) is 0 Å². The predicted molar refractivity (Wildman–Crippen MR) is 67.2 cm³/mol. The second-order valence-corrected chi connectivity index (χ2v) is 6.68. The van der Waals surface area contributed by atoms with Gasteiger partial charge >= 0.3 is 0 Å². The normalized spacial score (nSPS) is 31.8. The van der Waals surface area contributed by atoms with E-state index in [0.717, 1.165) is 0 Å². The molecule has 0 bridgehead atoms. The van der Waals surface area contributed by atoms with Crippen LogP contribution in [0.1, 0.15) is 34.6 Å². The van der Waals surface area contributed by atoms with E-state index < -0.39 is 0 Å². The van der Waals surface area contributed by atoms with Crippen LogP contribution < -0.4 is 0 Å². The van der Waals surface area contributed by atoms with Gasteiger partial charge in [-0.2, -0.15) is 0 Å². The van der Waals surface area contributed by atoms with Gasteiger partial charge in [-0.15, -0.1) is 0 Å². The molecule has 90 valence electrons. The minimum Gasteiger partial charge on any atom is -0.309 e. The van der Waals surface area contributed by atoms with Gasteiger partial charge in [-0.3, -0.25) is 4.90 Å². The molecule has 2 nitrogen and oxygen atoms in total. The molecular formula is C13H28N2. The van der Waals surface area contributed by atoms with Gasteiger partial charge in [-0.05, 0) is 38.8 Å². The summed E-state index contributed by atoms with van der Waals surface area (Å²) in [4.78, 5) is 4.94. The zero-order valence-corrected chi connectivity index (χ0v) is 11.6. The largest absolute Gasteiger partial charge is 0.309 e. The molecular weight excluding hydrogens is 184 g/mol. The summed E-state index contributed by atoms with van der Waals surface area (Å²) in [5.41, 5.74) is 0.836. The first-order valence-corrected chi connectivity index (χ1v) is 6.07. The molecule has 1 unspecified atom stereocenters. The third kappa shape index (κ3) is 2.54. The van der Waals surface area contributed by atoms with Gasteiger partial charge in [0.1, 0.15) is 0 Å². The van der Waals surface area contributed by atoms with E-state index in [0.29, 0.717) is 16.9 Å². The fraction of sp³-hybridized carbons (Fsp3) is 1.00. The fourth-order valence-electron chi connectivity index (χ4n) is 2.74. The summed E-state index contributed by atoms with van der Waals surface area (Å²) < 4.78 is 0. The van der Waals surface area contributed by atoms with E-state index in [2.05, 4.69) is 58.5 Å². The molecule has 1 rings (SSSR count). The van der Waals surface area contributed by atoms with Crippen molar-refractivity contribution < 1.29 is 0 Å². The zero-order chi connectivity index (χ0) is 11.9. The molecule has 2 heteroatoms. The highest BCUT2D eigenvalue weighted by atomic mass is 15.2. The first-order chi connectivity index (χ1) is 6.68. The van der Waals surface area contributed by atoms with Crippen molar-refractivity contribution in [1.82, 2.24) is 9.80 Å². The van der Waals surface area contributed by atoms with Crippen LogP contribution in [0.2, 0.25) is 0 Å². The Hall–Kier alpha value is -0.0800. The molecule has 0 saturated carbocycles. The molecule has 0 aromatic rings. The van der Waals surface area contributed by atoms with Crippen LogP contribution in [0.15, 0.2) is 0 Å². The average molecular weight is 212 g/mol. The van der Waals surface area contributed by atoms with Crippen LogP contribution >= 0.6 is 0 Å². The number of hydrogen-bond acceptors (Lipinski definition) is 2. The van der Waals surface area contributed by atoms with E-state index in [1.807, 2.05) is 0 Å². The quantitative estimate of drug-likeness (QED) is 0.708. The van der Waals surface area contributed by atoms with E-state index in [1.54, 1.807) is 0 Å². The highest BCUT2D eigenvalue weighted by Gasteiger charge is 2.49.